The lowest BCUT2D eigenvalue weighted by atomic mass is 9.72. The number of nitrogens with zero attached hydrogens (tertiary/aromatic N) is 1. The molecule has 3 heteroatoms. The monoisotopic (exact) mass is 254 g/mol. The van der Waals surface area contributed by atoms with E-state index in [1.54, 1.807) is 11.3 Å². The van der Waals surface area contributed by atoms with Crippen molar-refractivity contribution in [2.24, 2.45) is 0 Å². The van der Waals surface area contributed by atoms with E-state index in [1.165, 1.54) is 16.0 Å². The van der Waals surface area contributed by atoms with Gasteiger partial charge < -0.3 is 5.73 Å². The van der Waals surface area contributed by atoms with Gasteiger partial charge in [-0.15, -0.1) is 11.3 Å². The van der Waals surface area contributed by atoms with Gasteiger partial charge >= 0.3 is 0 Å². The second kappa shape index (κ2) is 3.60. The maximum atomic E-state index is 9.30. The van der Waals surface area contributed by atoms with E-state index in [2.05, 4.69) is 38.1 Å². The van der Waals surface area contributed by atoms with E-state index in [9.17, 15) is 5.26 Å². The van der Waals surface area contributed by atoms with Crippen molar-refractivity contribution in [3.8, 4) is 17.2 Å². The molecule has 0 atom stereocenters. The second-order valence-electron chi connectivity index (χ2n) is 5.36. The topological polar surface area (TPSA) is 49.8 Å². The minimum Gasteiger partial charge on any atom is -0.389 e. The quantitative estimate of drug-likeness (QED) is 0.779. The summed E-state index contributed by atoms with van der Waals surface area (Å²) in [6.07, 6.45) is 0.954. The van der Waals surface area contributed by atoms with Gasteiger partial charge in [0.05, 0.1) is 5.56 Å². The number of anilines is 1. The summed E-state index contributed by atoms with van der Waals surface area (Å²) in [7, 11) is 0. The summed E-state index contributed by atoms with van der Waals surface area (Å²) in [5, 5.41) is 9.94. The maximum absolute atomic E-state index is 9.30. The van der Waals surface area contributed by atoms with E-state index in [-0.39, 0.29) is 5.41 Å². The van der Waals surface area contributed by atoms with E-state index in [0.29, 0.717) is 10.6 Å². The van der Waals surface area contributed by atoms with Crippen LogP contribution in [0.2, 0.25) is 0 Å². The van der Waals surface area contributed by atoms with Crippen molar-refractivity contribution in [1.82, 2.24) is 0 Å². The van der Waals surface area contributed by atoms with Crippen molar-refractivity contribution in [2.75, 3.05) is 5.73 Å². The molecule has 0 fully saturated rings. The summed E-state index contributed by atoms with van der Waals surface area (Å²) in [6.45, 7) is 4.49. The molecule has 0 bridgehead atoms. The number of thiophene rings is 1. The lowest BCUT2D eigenvalue weighted by Crippen LogP contribution is -2.24. The van der Waals surface area contributed by atoms with Crippen LogP contribution in [0.15, 0.2) is 24.3 Å². The zero-order valence-corrected chi connectivity index (χ0v) is 11.3. The van der Waals surface area contributed by atoms with Gasteiger partial charge in [-0.2, -0.15) is 5.26 Å². The highest BCUT2D eigenvalue weighted by molar-refractivity contribution is 7.16. The Labute approximate surface area is 111 Å². The van der Waals surface area contributed by atoms with Crippen LogP contribution in [0.4, 0.5) is 5.00 Å². The Hall–Kier alpha value is -1.79. The lowest BCUT2D eigenvalue weighted by Gasteiger charge is -2.32. The van der Waals surface area contributed by atoms with E-state index in [0.717, 1.165) is 12.0 Å². The normalized spacial score (nSPS) is 15.6. The molecule has 0 spiro atoms. The molecule has 2 N–H and O–H groups in total. The third-order valence-electron chi connectivity index (χ3n) is 3.65. The Balaban J connectivity index is 2.39. The van der Waals surface area contributed by atoms with Crippen LogP contribution in [0.5, 0.6) is 0 Å². The summed E-state index contributed by atoms with van der Waals surface area (Å²) in [6, 6.07) is 10.6. The van der Waals surface area contributed by atoms with Crippen LogP contribution in [0.3, 0.4) is 0 Å². The van der Waals surface area contributed by atoms with Gasteiger partial charge in [-0.05, 0) is 23.0 Å². The molecule has 1 aromatic carbocycles. The molecule has 0 aliphatic heterocycles. The third kappa shape index (κ3) is 1.39. The SMILES string of the molecule is CC1(C)Cc2sc(N)c(C#N)c2-c2ccccc21. The Bertz CT molecular complexity index is 674. The molecule has 0 saturated carbocycles. The van der Waals surface area contributed by atoms with Crippen molar-refractivity contribution in [3.05, 3.63) is 40.3 Å². The van der Waals surface area contributed by atoms with Crippen LogP contribution in [-0.4, -0.2) is 0 Å². The highest BCUT2D eigenvalue weighted by Crippen LogP contribution is 2.49. The molecule has 3 rings (SSSR count). The number of nitrogen functional groups attached to an aromatic ring is 1. The number of nitrogens with two attached hydrogens (primary N) is 1. The minimum atomic E-state index is 0.105. The highest BCUT2D eigenvalue weighted by Gasteiger charge is 2.34. The first-order chi connectivity index (χ1) is 8.54. The van der Waals surface area contributed by atoms with Gasteiger partial charge in [0.1, 0.15) is 11.1 Å². The molecular formula is C15H14N2S. The van der Waals surface area contributed by atoms with E-state index >= 15 is 0 Å². The van der Waals surface area contributed by atoms with Crippen molar-refractivity contribution >= 4 is 16.3 Å². The first-order valence-corrected chi connectivity index (χ1v) is 6.77. The van der Waals surface area contributed by atoms with E-state index in [4.69, 9.17) is 5.73 Å². The minimum absolute atomic E-state index is 0.105. The number of hydrogen-bond acceptors (Lipinski definition) is 3. The molecule has 0 saturated heterocycles. The van der Waals surface area contributed by atoms with Gasteiger partial charge in [0.25, 0.3) is 0 Å². The smallest absolute Gasteiger partial charge is 0.105 e. The van der Waals surface area contributed by atoms with Crippen molar-refractivity contribution in [3.63, 3.8) is 0 Å². The highest BCUT2D eigenvalue weighted by atomic mass is 32.1. The zero-order valence-electron chi connectivity index (χ0n) is 10.4. The first-order valence-electron chi connectivity index (χ1n) is 5.95. The second-order valence-corrected chi connectivity index (χ2v) is 6.49. The van der Waals surface area contributed by atoms with Crippen LogP contribution >= 0.6 is 11.3 Å². The molecule has 0 unspecified atom stereocenters. The van der Waals surface area contributed by atoms with Gasteiger partial charge in [0.15, 0.2) is 0 Å². The van der Waals surface area contributed by atoms with Gasteiger partial charge in [-0.25, -0.2) is 0 Å². The largest absolute Gasteiger partial charge is 0.389 e. The number of benzene rings is 1. The van der Waals surface area contributed by atoms with Crippen molar-refractivity contribution < 1.29 is 0 Å². The fraction of sp³-hybridized carbons (Fsp3) is 0.267. The summed E-state index contributed by atoms with van der Waals surface area (Å²) >= 11 is 1.56. The zero-order chi connectivity index (χ0) is 12.9. The summed E-state index contributed by atoms with van der Waals surface area (Å²) < 4.78 is 0. The van der Waals surface area contributed by atoms with E-state index in [1.807, 2.05) is 6.07 Å². The molecule has 1 aliphatic carbocycles. The number of rotatable bonds is 0. The molecule has 18 heavy (non-hydrogen) atoms. The standard InChI is InChI=1S/C15H14N2S/c1-15(2)7-12-13(10(8-16)14(17)18-12)9-5-3-4-6-11(9)15/h3-6H,7,17H2,1-2H3. The average molecular weight is 254 g/mol. The van der Waals surface area contributed by atoms with Crippen LogP contribution in [0.25, 0.3) is 11.1 Å². The third-order valence-corrected chi connectivity index (χ3v) is 4.67. The summed E-state index contributed by atoms with van der Waals surface area (Å²) in [5.74, 6) is 0. The Morgan fingerprint density at radius 2 is 2.06 bits per heavy atom. The Morgan fingerprint density at radius 1 is 1.33 bits per heavy atom. The van der Waals surface area contributed by atoms with Crippen molar-refractivity contribution in [1.29, 1.82) is 5.26 Å². The van der Waals surface area contributed by atoms with Gasteiger partial charge in [0.2, 0.25) is 0 Å². The average Bonchev–Trinajstić information content (AvgIpc) is 2.64. The molecule has 1 aliphatic rings. The summed E-state index contributed by atoms with van der Waals surface area (Å²) in [4.78, 5) is 1.24. The number of fused-ring (bicyclic) bond motifs is 3. The number of nitriles is 1. The number of hydrogen-bond donors (Lipinski definition) is 1. The summed E-state index contributed by atoms with van der Waals surface area (Å²) in [5.41, 5.74) is 10.3. The molecular weight excluding hydrogens is 240 g/mol. The Kier molecular flexibility index (Phi) is 2.26. The van der Waals surface area contributed by atoms with Crippen LogP contribution < -0.4 is 5.73 Å². The van der Waals surface area contributed by atoms with Crippen LogP contribution in [0.1, 0.15) is 29.9 Å². The van der Waals surface area contributed by atoms with Crippen LogP contribution in [0, 0.1) is 11.3 Å². The van der Waals surface area contributed by atoms with Gasteiger partial charge in [-0.3, -0.25) is 0 Å². The molecule has 0 radical (unpaired) electrons. The fourth-order valence-corrected chi connectivity index (χ4v) is 4.07. The van der Waals surface area contributed by atoms with Crippen LogP contribution in [-0.2, 0) is 11.8 Å². The fourth-order valence-electron chi connectivity index (χ4n) is 2.81. The molecule has 1 heterocycles. The van der Waals surface area contributed by atoms with E-state index < -0.39 is 0 Å². The predicted molar refractivity (Wildman–Crippen MR) is 75.6 cm³/mol. The first kappa shape index (κ1) is 11.3. The lowest BCUT2D eigenvalue weighted by molar-refractivity contribution is 0.522. The molecule has 0 amide bonds. The van der Waals surface area contributed by atoms with Gasteiger partial charge in [-0.1, -0.05) is 38.1 Å². The van der Waals surface area contributed by atoms with Gasteiger partial charge in [0, 0.05) is 10.4 Å². The maximum Gasteiger partial charge on any atom is 0.105 e. The predicted octanol–water partition coefficient (Wildman–Crippen LogP) is 3.70. The van der Waals surface area contributed by atoms with Crippen molar-refractivity contribution in [2.45, 2.75) is 25.7 Å². The Morgan fingerprint density at radius 3 is 2.78 bits per heavy atom. The molecule has 1 aromatic heterocycles. The molecule has 90 valence electrons. The molecule has 2 aromatic rings. The molecule has 2 nitrogen and oxygen atoms in total.